The highest BCUT2D eigenvalue weighted by atomic mass is 16.5. The van der Waals surface area contributed by atoms with Crippen LogP contribution in [0.25, 0.3) is 11.1 Å². The van der Waals surface area contributed by atoms with Gasteiger partial charge in [-0.05, 0) is 42.0 Å². The van der Waals surface area contributed by atoms with E-state index >= 15 is 0 Å². The van der Waals surface area contributed by atoms with Gasteiger partial charge in [0.1, 0.15) is 5.82 Å². The second-order valence-electron chi connectivity index (χ2n) is 8.02. The highest BCUT2D eigenvalue weighted by Crippen LogP contribution is 2.26. The van der Waals surface area contributed by atoms with Gasteiger partial charge in [-0.3, -0.25) is 0 Å². The van der Waals surface area contributed by atoms with Gasteiger partial charge in [-0.15, -0.1) is 0 Å². The number of aryl methyl sites for hydroxylation is 1. The van der Waals surface area contributed by atoms with Gasteiger partial charge in [-0.2, -0.15) is 0 Å². The van der Waals surface area contributed by atoms with E-state index in [9.17, 15) is 14.7 Å². The number of ether oxygens (including phenoxy) is 1. The summed E-state index contributed by atoms with van der Waals surface area (Å²) in [5.74, 6) is -0.327. The van der Waals surface area contributed by atoms with Crippen molar-refractivity contribution in [3.05, 3.63) is 76.9 Å². The van der Waals surface area contributed by atoms with Crippen molar-refractivity contribution in [2.24, 2.45) is 0 Å². The van der Waals surface area contributed by atoms with Gasteiger partial charge >= 0.3 is 11.9 Å². The summed E-state index contributed by atoms with van der Waals surface area (Å²) in [6.07, 6.45) is 1.69. The van der Waals surface area contributed by atoms with Crippen LogP contribution in [0.1, 0.15) is 78.0 Å². The summed E-state index contributed by atoms with van der Waals surface area (Å²) in [5.41, 5.74) is 4.06. The van der Waals surface area contributed by atoms with Gasteiger partial charge < -0.3 is 14.4 Å². The Bertz CT molecular complexity index is 1100. The number of aromatic nitrogens is 2. The largest absolute Gasteiger partial charge is 0.478 e. The van der Waals surface area contributed by atoms with Gasteiger partial charge in [0.2, 0.25) is 0 Å². The SMILES string of the molecule is CCCc1nc(C(C)C)c(C(=O)OCC)n1Cc1ccc(-c2ccccc2C(=O)O)cc1. The number of hydrogen-bond donors (Lipinski definition) is 1. The lowest BCUT2D eigenvalue weighted by Crippen LogP contribution is -2.17. The van der Waals surface area contributed by atoms with E-state index in [1.165, 1.54) is 0 Å². The molecule has 1 heterocycles. The van der Waals surface area contributed by atoms with Crippen LogP contribution in [0.5, 0.6) is 0 Å². The third-order valence-electron chi connectivity index (χ3n) is 5.33. The van der Waals surface area contributed by atoms with E-state index in [4.69, 9.17) is 9.72 Å². The Hall–Kier alpha value is -3.41. The molecule has 0 fully saturated rings. The van der Waals surface area contributed by atoms with E-state index in [1.54, 1.807) is 25.1 Å². The molecule has 168 valence electrons. The molecule has 0 amide bonds. The molecule has 0 spiro atoms. The zero-order chi connectivity index (χ0) is 23.3. The normalized spacial score (nSPS) is 11.0. The molecule has 0 unspecified atom stereocenters. The Morgan fingerprint density at radius 1 is 1.06 bits per heavy atom. The van der Waals surface area contributed by atoms with Crippen LogP contribution in [0.2, 0.25) is 0 Å². The van der Waals surface area contributed by atoms with E-state index in [2.05, 4.69) is 6.92 Å². The molecule has 1 N–H and O–H groups in total. The van der Waals surface area contributed by atoms with Crippen molar-refractivity contribution >= 4 is 11.9 Å². The van der Waals surface area contributed by atoms with Gasteiger partial charge in [0.05, 0.1) is 17.9 Å². The first kappa shape index (κ1) is 23.3. The molecule has 0 bridgehead atoms. The second kappa shape index (κ2) is 10.3. The number of imidazole rings is 1. The van der Waals surface area contributed by atoms with Crippen LogP contribution >= 0.6 is 0 Å². The molecule has 3 aromatic rings. The summed E-state index contributed by atoms with van der Waals surface area (Å²) < 4.78 is 7.32. The monoisotopic (exact) mass is 434 g/mol. The zero-order valence-electron chi connectivity index (χ0n) is 19.1. The maximum Gasteiger partial charge on any atom is 0.356 e. The Kier molecular flexibility index (Phi) is 7.46. The summed E-state index contributed by atoms with van der Waals surface area (Å²) in [5, 5.41) is 9.48. The molecule has 0 aliphatic carbocycles. The Labute approximate surface area is 188 Å². The molecule has 6 heteroatoms. The number of carbonyl (C=O) groups is 2. The highest BCUT2D eigenvalue weighted by molar-refractivity contribution is 5.96. The predicted molar refractivity (Wildman–Crippen MR) is 124 cm³/mol. The van der Waals surface area contributed by atoms with Crippen molar-refractivity contribution in [3.63, 3.8) is 0 Å². The number of aromatic carboxylic acids is 1. The summed E-state index contributed by atoms with van der Waals surface area (Å²) in [6.45, 7) is 8.74. The lowest BCUT2D eigenvalue weighted by atomic mass is 9.98. The summed E-state index contributed by atoms with van der Waals surface area (Å²) in [4.78, 5) is 29.2. The first-order chi connectivity index (χ1) is 15.4. The molecule has 0 aliphatic rings. The summed E-state index contributed by atoms with van der Waals surface area (Å²) in [7, 11) is 0. The smallest absolute Gasteiger partial charge is 0.356 e. The molecule has 0 saturated carbocycles. The van der Waals surface area contributed by atoms with Crippen LogP contribution < -0.4 is 0 Å². The second-order valence-corrected chi connectivity index (χ2v) is 8.02. The zero-order valence-corrected chi connectivity index (χ0v) is 19.1. The fraction of sp³-hybridized carbons (Fsp3) is 0.346. The van der Waals surface area contributed by atoms with Crippen LogP contribution in [0.4, 0.5) is 0 Å². The number of benzene rings is 2. The molecule has 32 heavy (non-hydrogen) atoms. The van der Waals surface area contributed by atoms with Crippen LogP contribution in [0, 0.1) is 0 Å². The van der Waals surface area contributed by atoms with E-state index in [0.29, 0.717) is 24.4 Å². The minimum absolute atomic E-state index is 0.0983. The van der Waals surface area contributed by atoms with Gasteiger partial charge in [-0.25, -0.2) is 14.6 Å². The Balaban J connectivity index is 2.00. The standard InChI is InChI=1S/C26H30N2O4/c1-5-9-22-27-23(17(3)4)24(26(31)32-6-2)28(22)16-18-12-14-19(15-13-18)20-10-7-8-11-21(20)25(29)30/h7-8,10-15,17H,5-6,9,16H2,1-4H3,(H,29,30). The Morgan fingerprint density at radius 3 is 2.34 bits per heavy atom. The fourth-order valence-corrected chi connectivity index (χ4v) is 3.81. The van der Waals surface area contributed by atoms with Crippen LogP contribution in [-0.2, 0) is 17.7 Å². The van der Waals surface area contributed by atoms with Crippen LogP contribution in [0.3, 0.4) is 0 Å². The molecule has 3 rings (SSSR count). The summed E-state index contributed by atoms with van der Waals surface area (Å²) in [6, 6.07) is 14.7. The lowest BCUT2D eigenvalue weighted by molar-refractivity contribution is 0.0511. The lowest BCUT2D eigenvalue weighted by Gasteiger charge is -2.13. The minimum Gasteiger partial charge on any atom is -0.478 e. The quantitative estimate of drug-likeness (QED) is 0.447. The van der Waals surface area contributed by atoms with E-state index in [1.807, 2.05) is 48.7 Å². The van der Waals surface area contributed by atoms with Gasteiger partial charge in [0, 0.05) is 13.0 Å². The number of carbonyl (C=O) groups excluding carboxylic acids is 1. The molecule has 0 radical (unpaired) electrons. The fourth-order valence-electron chi connectivity index (χ4n) is 3.81. The number of esters is 1. The molecule has 6 nitrogen and oxygen atoms in total. The van der Waals surface area contributed by atoms with Crippen molar-refractivity contribution in [1.29, 1.82) is 0 Å². The van der Waals surface area contributed by atoms with Gasteiger partial charge in [0.25, 0.3) is 0 Å². The molecular weight excluding hydrogens is 404 g/mol. The molecule has 0 atom stereocenters. The third-order valence-corrected chi connectivity index (χ3v) is 5.33. The maximum absolute atomic E-state index is 12.8. The highest BCUT2D eigenvalue weighted by Gasteiger charge is 2.25. The van der Waals surface area contributed by atoms with E-state index in [0.717, 1.165) is 35.5 Å². The predicted octanol–water partition coefficient (Wildman–Crippen LogP) is 5.55. The molecule has 0 saturated heterocycles. The average Bonchev–Trinajstić information content (AvgIpc) is 3.13. The first-order valence-corrected chi connectivity index (χ1v) is 11.0. The first-order valence-electron chi connectivity index (χ1n) is 11.0. The van der Waals surface area contributed by atoms with Gasteiger partial charge in [-0.1, -0.05) is 63.2 Å². The van der Waals surface area contributed by atoms with Crippen LogP contribution in [-0.4, -0.2) is 33.2 Å². The molecule has 0 aliphatic heterocycles. The number of hydrogen-bond acceptors (Lipinski definition) is 4. The van der Waals surface area contributed by atoms with Crippen molar-refractivity contribution in [1.82, 2.24) is 9.55 Å². The number of carboxylic acids is 1. The molecular formula is C26H30N2O4. The maximum atomic E-state index is 12.8. The van der Waals surface area contributed by atoms with Crippen molar-refractivity contribution in [2.45, 2.75) is 53.0 Å². The third kappa shape index (κ3) is 4.90. The Morgan fingerprint density at radius 2 is 1.75 bits per heavy atom. The van der Waals surface area contributed by atoms with Gasteiger partial charge in [0.15, 0.2) is 5.69 Å². The van der Waals surface area contributed by atoms with Crippen molar-refractivity contribution < 1.29 is 19.4 Å². The number of nitrogens with zero attached hydrogens (tertiary/aromatic N) is 2. The summed E-state index contributed by atoms with van der Waals surface area (Å²) >= 11 is 0. The van der Waals surface area contributed by atoms with Crippen molar-refractivity contribution in [2.75, 3.05) is 6.61 Å². The average molecular weight is 435 g/mol. The topological polar surface area (TPSA) is 81.4 Å². The van der Waals surface area contributed by atoms with E-state index < -0.39 is 5.97 Å². The minimum atomic E-state index is -0.951. The number of carboxylic acid groups (broad SMARTS) is 1. The molecule has 2 aromatic carbocycles. The van der Waals surface area contributed by atoms with E-state index in [-0.39, 0.29) is 17.5 Å². The number of rotatable bonds is 9. The van der Waals surface area contributed by atoms with Crippen LogP contribution in [0.15, 0.2) is 48.5 Å². The van der Waals surface area contributed by atoms with Crippen molar-refractivity contribution in [3.8, 4) is 11.1 Å². The molecule has 1 aromatic heterocycles.